The third kappa shape index (κ3) is 4.62. The van der Waals surface area contributed by atoms with Gasteiger partial charge in [-0.05, 0) is 36.4 Å². The molecule has 0 amide bonds. The van der Waals surface area contributed by atoms with Crippen LogP contribution >= 0.6 is 0 Å². The predicted molar refractivity (Wildman–Crippen MR) is 112 cm³/mol. The van der Waals surface area contributed by atoms with Gasteiger partial charge in [-0.1, -0.05) is 12.1 Å². The van der Waals surface area contributed by atoms with Gasteiger partial charge in [-0.25, -0.2) is 9.18 Å². The van der Waals surface area contributed by atoms with Crippen LogP contribution in [0, 0.1) is 5.82 Å². The lowest BCUT2D eigenvalue weighted by Gasteiger charge is -2.33. The molecule has 0 bridgehead atoms. The van der Waals surface area contributed by atoms with E-state index in [9.17, 15) is 27.2 Å². The maximum absolute atomic E-state index is 13.3. The van der Waals surface area contributed by atoms with Crippen molar-refractivity contribution in [3.8, 4) is 11.4 Å². The number of aromatic nitrogens is 3. The number of anilines is 1. The molecule has 1 fully saturated rings. The maximum Gasteiger partial charge on any atom is 0.419 e. The van der Waals surface area contributed by atoms with Crippen molar-refractivity contribution in [3.05, 3.63) is 80.7 Å². The van der Waals surface area contributed by atoms with Crippen LogP contribution in [0.5, 0.6) is 5.75 Å². The fourth-order valence-electron chi connectivity index (χ4n) is 3.68. The third-order valence-corrected chi connectivity index (χ3v) is 5.46. The predicted octanol–water partition coefficient (Wildman–Crippen LogP) is 3.14. The fraction of sp³-hybridized carbons (Fsp3) is 0.318. The second kappa shape index (κ2) is 8.72. The van der Waals surface area contributed by atoms with E-state index in [0.29, 0.717) is 31.6 Å². The molecular weight excluding hydrogens is 444 g/mol. The summed E-state index contributed by atoms with van der Waals surface area (Å²) < 4.78 is 60.5. The van der Waals surface area contributed by atoms with Gasteiger partial charge in [-0.15, -0.1) is 5.10 Å². The van der Waals surface area contributed by atoms with Gasteiger partial charge >= 0.3 is 11.9 Å². The van der Waals surface area contributed by atoms with E-state index in [-0.39, 0.29) is 11.6 Å². The van der Waals surface area contributed by atoms with Gasteiger partial charge < -0.3 is 9.64 Å². The molecule has 3 aromatic rings. The Labute approximate surface area is 185 Å². The molecule has 0 aliphatic carbocycles. The lowest BCUT2D eigenvalue weighted by atomic mass is 10.1. The molecule has 1 aliphatic rings. The third-order valence-electron chi connectivity index (χ3n) is 5.46. The van der Waals surface area contributed by atoms with E-state index in [2.05, 4.69) is 5.10 Å². The van der Waals surface area contributed by atoms with Crippen LogP contribution in [0.15, 0.2) is 58.1 Å². The van der Waals surface area contributed by atoms with Crippen molar-refractivity contribution in [1.29, 1.82) is 0 Å². The average Bonchev–Trinajstić information content (AvgIpc) is 2.79. The Morgan fingerprint density at radius 2 is 1.64 bits per heavy atom. The van der Waals surface area contributed by atoms with Gasteiger partial charge in [-0.3, -0.25) is 9.36 Å². The molecule has 1 saturated heterocycles. The molecule has 1 aromatic heterocycles. The van der Waals surface area contributed by atoms with Crippen LogP contribution < -0.4 is 20.9 Å². The largest absolute Gasteiger partial charge is 0.490 e. The van der Waals surface area contributed by atoms with E-state index in [4.69, 9.17) is 4.74 Å². The second-order valence-electron chi connectivity index (χ2n) is 7.66. The number of benzene rings is 2. The van der Waals surface area contributed by atoms with Crippen LogP contribution in [-0.2, 0) is 13.2 Å². The first-order valence-corrected chi connectivity index (χ1v) is 10.2. The first-order chi connectivity index (χ1) is 15.6. The summed E-state index contributed by atoms with van der Waals surface area (Å²) in [4.78, 5) is 26.9. The van der Waals surface area contributed by atoms with Gasteiger partial charge in [0.2, 0.25) is 5.82 Å². The summed E-state index contributed by atoms with van der Waals surface area (Å²) >= 11 is 0. The van der Waals surface area contributed by atoms with Crippen molar-refractivity contribution in [2.24, 2.45) is 7.05 Å². The number of hydrogen-bond donors (Lipinski definition) is 0. The number of para-hydroxylation sites is 1. The molecule has 174 valence electrons. The Balaban J connectivity index is 1.54. The topological polar surface area (TPSA) is 69.4 Å². The molecule has 0 N–H and O–H groups in total. The van der Waals surface area contributed by atoms with Crippen LogP contribution in [0.2, 0.25) is 0 Å². The van der Waals surface area contributed by atoms with E-state index in [0.717, 1.165) is 15.3 Å². The highest BCUT2D eigenvalue weighted by Gasteiger charge is 2.35. The summed E-state index contributed by atoms with van der Waals surface area (Å²) in [5.41, 5.74) is -1.83. The number of alkyl halides is 3. The zero-order valence-electron chi connectivity index (χ0n) is 17.6. The number of halogens is 4. The Hall–Kier alpha value is -3.63. The van der Waals surface area contributed by atoms with Gasteiger partial charge in [0.25, 0.3) is 5.56 Å². The zero-order valence-corrected chi connectivity index (χ0v) is 17.6. The summed E-state index contributed by atoms with van der Waals surface area (Å²) in [5.74, 6) is -0.691. The molecule has 1 aliphatic heterocycles. The lowest BCUT2D eigenvalue weighted by Crippen LogP contribution is -2.46. The molecule has 0 unspecified atom stereocenters. The van der Waals surface area contributed by atoms with Crippen molar-refractivity contribution in [2.75, 3.05) is 18.0 Å². The number of nitrogens with zero attached hydrogens (tertiary/aromatic N) is 4. The second-order valence-corrected chi connectivity index (χ2v) is 7.66. The average molecular weight is 464 g/mol. The van der Waals surface area contributed by atoms with E-state index < -0.39 is 34.9 Å². The van der Waals surface area contributed by atoms with E-state index in [1.165, 1.54) is 49.5 Å². The first-order valence-electron chi connectivity index (χ1n) is 10.2. The number of rotatable bonds is 4. The molecule has 2 aromatic carbocycles. The Morgan fingerprint density at radius 3 is 2.27 bits per heavy atom. The fourth-order valence-corrected chi connectivity index (χ4v) is 3.68. The zero-order chi connectivity index (χ0) is 23.8. The van der Waals surface area contributed by atoms with Gasteiger partial charge in [-0.2, -0.15) is 17.9 Å². The number of hydrogen-bond acceptors (Lipinski definition) is 5. The molecule has 0 spiro atoms. The number of ether oxygens (including phenoxy) is 1. The summed E-state index contributed by atoms with van der Waals surface area (Å²) in [6.45, 7) is 0.589. The van der Waals surface area contributed by atoms with Crippen molar-refractivity contribution in [3.63, 3.8) is 0 Å². The van der Waals surface area contributed by atoms with Crippen LogP contribution in [0.4, 0.5) is 23.4 Å². The standard InChI is InChI=1S/C22H20F4N4O3/c1-28-20(31)19(27-30(21(28)32)15-8-6-14(23)7-9-15)29-12-10-16(11-13-29)33-18-5-3-2-4-17(18)22(24,25)26/h2-9,16H,10-13H2,1H3. The minimum absolute atomic E-state index is 0.0237. The monoisotopic (exact) mass is 464 g/mol. The normalized spacial score (nSPS) is 15.0. The van der Waals surface area contributed by atoms with Gasteiger partial charge in [0.1, 0.15) is 17.7 Å². The van der Waals surface area contributed by atoms with Crippen LogP contribution in [0.1, 0.15) is 18.4 Å². The Bertz CT molecular complexity index is 1260. The minimum Gasteiger partial charge on any atom is -0.490 e. The van der Waals surface area contributed by atoms with Crippen LogP contribution in [0.25, 0.3) is 5.69 Å². The molecule has 7 nitrogen and oxygen atoms in total. The summed E-state index contributed by atoms with van der Waals surface area (Å²) in [7, 11) is 1.32. The number of piperidine rings is 1. The molecule has 2 heterocycles. The van der Waals surface area contributed by atoms with Crippen molar-refractivity contribution < 1.29 is 22.3 Å². The molecule has 0 atom stereocenters. The minimum atomic E-state index is -4.53. The van der Waals surface area contributed by atoms with Crippen molar-refractivity contribution in [2.45, 2.75) is 25.1 Å². The van der Waals surface area contributed by atoms with Crippen LogP contribution in [0.3, 0.4) is 0 Å². The van der Waals surface area contributed by atoms with E-state index >= 15 is 0 Å². The van der Waals surface area contributed by atoms with E-state index in [1.807, 2.05) is 0 Å². The molecule has 0 radical (unpaired) electrons. The van der Waals surface area contributed by atoms with Gasteiger partial charge in [0, 0.05) is 33.0 Å². The Kier molecular flexibility index (Phi) is 5.96. The van der Waals surface area contributed by atoms with Crippen LogP contribution in [-0.4, -0.2) is 33.5 Å². The summed E-state index contributed by atoms with van der Waals surface area (Å²) in [6, 6.07) is 10.1. The molecule has 0 saturated carbocycles. The van der Waals surface area contributed by atoms with Gasteiger partial charge in [0.15, 0.2) is 0 Å². The van der Waals surface area contributed by atoms with Crippen molar-refractivity contribution in [1.82, 2.24) is 14.3 Å². The highest BCUT2D eigenvalue weighted by atomic mass is 19.4. The quantitative estimate of drug-likeness (QED) is 0.555. The molecule has 33 heavy (non-hydrogen) atoms. The maximum atomic E-state index is 13.3. The Morgan fingerprint density at radius 1 is 1.00 bits per heavy atom. The molecule has 4 rings (SSSR count). The highest BCUT2D eigenvalue weighted by Crippen LogP contribution is 2.37. The summed E-state index contributed by atoms with van der Waals surface area (Å²) in [5, 5.41) is 4.20. The smallest absolute Gasteiger partial charge is 0.419 e. The lowest BCUT2D eigenvalue weighted by molar-refractivity contribution is -0.139. The molecular formula is C22H20F4N4O3. The highest BCUT2D eigenvalue weighted by molar-refractivity contribution is 5.39. The van der Waals surface area contributed by atoms with Crippen molar-refractivity contribution >= 4 is 5.82 Å². The molecule has 11 heteroatoms. The summed E-state index contributed by atoms with van der Waals surface area (Å²) in [6.07, 6.45) is -4.29. The van der Waals surface area contributed by atoms with E-state index in [1.54, 1.807) is 4.90 Å². The first kappa shape index (κ1) is 22.6. The SMILES string of the molecule is Cn1c(=O)c(N2CCC(Oc3ccccc3C(F)(F)F)CC2)nn(-c2ccc(F)cc2)c1=O. The van der Waals surface area contributed by atoms with Gasteiger partial charge in [0.05, 0.1) is 11.3 Å².